The van der Waals surface area contributed by atoms with Crippen molar-refractivity contribution < 1.29 is 0 Å². The van der Waals surface area contributed by atoms with E-state index in [1.54, 1.807) is 5.67 Å². The normalized spacial score (nSPS) is 13.5. The van der Waals surface area contributed by atoms with Gasteiger partial charge in [-0.3, -0.25) is 0 Å². The summed E-state index contributed by atoms with van der Waals surface area (Å²) in [5, 5.41) is 0. The Labute approximate surface area is 56.5 Å². The first-order valence-electron chi connectivity index (χ1n) is 3.56. The van der Waals surface area contributed by atoms with E-state index in [0.29, 0.717) is 9.52 Å². The van der Waals surface area contributed by atoms with Crippen molar-refractivity contribution in [1.29, 1.82) is 0 Å². The van der Waals surface area contributed by atoms with Gasteiger partial charge < -0.3 is 0 Å². The van der Waals surface area contributed by atoms with E-state index < -0.39 is 8.07 Å². The molecular formula is C6H18Si2. The lowest BCUT2D eigenvalue weighted by atomic mass is 11.0. The minimum Gasteiger partial charge on any atom is -0.0698 e. The average Bonchev–Trinajstić information content (AvgIpc) is 1.59. The number of hydrogen-bond acceptors (Lipinski definition) is 0. The molecule has 0 aliphatic carbocycles. The summed E-state index contributed by atoms with van der Waals surface area (Å²) in [6, 6.07) is 1.50. The summed E-state index contributed by atoms with van der Waals surface area (Å²) in [6.45, 7) is 9.73. The maximum atomic E-state index is 2.47. The molecule has 0 saturated carbocycles. The van der Waals surface area contributed by atoms with Gasteiger partial charge in [-0.2, -0.15) is 0 Å². The quantitative estimate of drug-likeness (QED) is 0.534. The van der Waals surface area contributed by atoms with Crippen LogP contribution in [0.2, 0.25) is 31.4 Å². The van der Waals surface area contributed by atoms with Crippen LogP contribution in [-0.2, 0) is 0 Å². The van der Waals surface area contributed by atoms with Crippen LogP contribution in [0.25, 0.3) is 0 Å². The van der Waals surface area contributed by atoms with Crippen LogP contribution in [0, 0.1) is 0 Å². The van der Waals surface area contributed by atoms with Gasteiger partial charge >= 0.3 is 0 Å². The molecule has 50 valence electrons. The second-order valence-corrected chi connectivity index (χ2v) is 12.5. The Hall–Kier alpha value is 0.434. The van der Waals surface area contributed by atoms with Crippen LogP contribution >= 0.6 is 0 Å². The molecule has 0 spiro atoms. The molecule has 0 aromatic heterocycles. The fraction of sp³-hybridized carbons (Fsp3) is 1.00. The monoisotopic (exact) mass is 146 g/mol. The lowest BCUT2D eigenvalue weighted by molar-refractivity contribution is 1.43. The van der Waals surface area contributed by atoms with Gasteiger partial charge in [-0.15, -0.1) is 0 Å². The molecule has 0 radical (unpaired) electrons. The van der Waals surface area contributed by atoms with Crippen molar-refractivity contribution in [1.82, 2.24) is 0 Å². The van der Waals surface area contributed by atoms with Gasteiger partial charge in [-0.25, -0.2) is 0 Å². The first-order chi connectivity index (χ1) is 3.56. The van der Waals surface area contributed by atoms with Gasteiger partial charge in [0.1, 0.15) is 0 Å². The highest BCUT2D eigenvalue weighted by Crippen LogP contribution is 2.06. The molecule has 0 heterocycles. The highest BCUT2D eigenvalue weighted by Gasteiger charge is 2.10. The lowest BCUT2D eigenvalue weighted by Gasteiger charge is -2.13. The van der Waals surface area contributed by atoms with E-state index >= 15 is 0 Å². The summed E-state index contributed by atoms with van der Waals surface area (Å²) in [7, 11) is -0.237. The van der Waals surface area contributed by atoms with Crippen molar-refractivity contribution >= 4 is 17.6 Å². The van der Waals surface area contributed by atoms with Crippen molar-refractivity contribution in [3.05, 3.63) is 0 Å². The summed E-state index contributed by atoms with van der Waals surface area (Å²) in [5.41, 5.74) is 1.64. The Morgan fingerprint density at radius 3 is 1.88 bits per heavy atom. The van der Waals surface area contributed by atoms with Gasteiger partial charge in [0.05, 0.1) is 0 Å². The van der Waals surface area contributed by atoms with E-state index in [9.17, 15) is 0 Å². The van der Waals surface area contributed by atoms with Crippen LogP contribution in [0.1, 0.15) is 6.92 Å². The average molecular weight is 146 g/mol. The Balaban J connectivity index is 3.11. The topological polar surface area (TPSA) is 0 Å². The predicted octanol–water partition coefficient (Wildman–Crippen LogP) is 1.89. The first-order valence-corrected chi connectivity index (χ1v) is 9.27. The second-order valence-electron chi connectivity index (χ2n) is 3.66. The van der Waals surface area contributed by atoms with Gasteiger partial charge in [0.15, 0.2) is 0 Å². The third-order valence-corrected chi connectivity index (χ3v) is 9.40. The highest BCUT2D eigenvalue weighted by molar-refractivity contribution is 6.83. The first kappa shape index (κ1) is 8.43. The molecule has 0 nitrogen and oxygen atoms in total. The minimum absolute atomic E-state index is 0.379. The zero-order chi connectivity index (χ0) is 6.62. The van der Waals surface area contributed by atoms with Gasteiger partial charge in [-0.1, -0.05) is 38.3 Å². The molecule has 0 saturated heterocycles. The molecule has 0 rings (SSSR count). The largest absolute Gasteiger partial charge is 0.0698 e. The fourth-order valence-corrected chi connectivity index (χ4v) is 6.36. The Kier molecular flexibility index (Phi) is 3.65. The van der Waals surface area contributed by atoms with Crippen molar-refractivity contribution in [3.8, 4) is 0 Å². The van der Waals surface area contributed by atoms with Crippen LogP contribution in [0.3, 0.4) is 0 Å². The van der Waals surface area contributed by atoms with E-state index in [1.807, 2.05) is 0 Å². The molecule has 0 atom stereocenters. The van der Waals surface area contributed by atoms with Gasteiger partial charge in [-0.05, 0) is 0 Å². The molecular weight excluding hydrogens is 128 g/mol. The van der Waals surface area contributed by atoms with E-state index in [2.05, 4.69) is 26.6 Å². The molecule has 0 unspecified atom stereocenters. The van der Waals surface area contributed by atoms with Gasteiger partial charge in [0.25, 0.3) is 0 Å². The predicted molar refractivity (Wildman–Crippen MR) is 47.2 cm³/mol. The van der Waals surface area contributed by atoms with Crippen molar-refractivity contribution in [2.45, 2.75) is 38.3 Å². The molecule has 0 N–H and O–H groups in total. The minimum atomic E-state index is -0.616. The van der Waals surface area contributed by atoms with E-state index in [4.69, 9.17) is 0 Å². The third-order valence-electron chi connectivity index (χ3n) is 1.28. The summed E-state index contributed by atoms with van der Waals surface area (Å²) in [6.07, 6.45) is 0. The molecule has 2 heteroatoms. The maximum absolute atomic E-state index is 2.47. The molecule has 0 amide bonds. The van der Waals surface area contributed by atoms with Crippen LogP contribution in [0.4, 0.5) is 0 Å². The molecule has 8 heavy (non-hydrogen) atoms. The fourth-order valence-electron chi connectivity index (χ4n) is 0.707. The van der Waals surface area contributed by atoms with E-state index in [1.165, 1.54) is 6.04 Å². The molecule has 0 aliphatic rings. The summed E-state index contributed by atoms with van der Waals surface area (Å²) >= 11 is 0. The molecule has 0 fully saturated rings. The molecule has 0 aromatic carbocycles. The zero-order valence-electron chi connectivity index (χ0n) is 6.62. The maximum Gasteiger partial charge on any atom is 0.0411 e. The van der Waals surface area contributed by atoms with E-state index in [-0.39, 0.29) is 0 Å². The molecule has 0 aromatic rings. The zero-order valence-corrected chi connectivity index (χ0v) is 9.04. The van der Waals surface area contributed by atoms with Crippen LogP contribution < -0.4 is 0 Å². The Morgan fingerprint density at radius 2 is 1.75 bits per heavy atom. The van der Waals surface area contributed by atoms with Crippen LogP contribution in [0.5, 0.6) is 0 Å². The number of hydrogen-bond donors (Lipinski definition) is 0. The van der Waals surface area contributed by atoms with E-state index in [0.717, 1.165) is 0 Å². The van der Waals surface area contributed by atoms with Crippen molar-refractivity contribution in [2.24, 2.45) is 0 Å². The van der Waals surface area contributed by atoms with Crippen molar-refractivity contribution in [3.63, 3.8) is 0 Å². The van der Waals surface area contributed by atoms with Crippen LogP contribution in [-0.4, -0.2) is 17.6 Å². The number of rotatable bonds is 3. The lowest BCUT2D eigenvalue weighted by Crippen LogP contribution is -2.21. The second kappa shape index (κ2) is 3.46. The van der Waals surface area contributed by atoms with Crippen LogP contribution in [0.15, 0.2) is 0 Å². The van der Waals surface area contributed by atoms with Crippen molar-refractivity contribution in [2.75, 3.05) is 0 Å². The summed E-state index contributed by atoms with van der Waals surface area (Å²) < 4.78 is 0. The Bertz CT molecular complexity index is 54.0. The third kappa shape index (κ3) is 6.43. The smallest absolute Gasteiger partial charge is 0.0411 e. The van der Waals surface area contributed by atoms with Gasteiger partial charge in [0.2, 0.25) is 0 Å². The standard InChI is InChI=1S/C6H18Si2/c1-5-7-6-8(2,3)4/h5-7H2,1-4H3. The highest BCUT2D eigenvalue weighted by atomic mass is 28.4. The van der Waals surface area contributed by atoms with Gasteiger partial charge in [0, 0.05) is 17.6 Å². The molecule has 0 bridgehead atoms. The Morgan fingerprint density at radius 1 is 1.25 bits per heavy atom. The molecule has 0 aliphatic heterocycles. The SMILES string of the molecule is CC[SiH2]C[Si](C)(C)C. The summed E-state index contributed by atoms with van der Waals surface area (Å²) in [4.78, 5) is 0. The summed E-state index contributed by atoms with van der Waals surface area (Å²) in [5.74, 6) is 0.